The molecule has 1 aromatic heterocycles. The lowest BCUT2D eigenvalue weighted by atomic mass is 9.96. The van der Waals surface area contributed by atoms with Gasteiger partial charge in [-0.1, -0.05) is 44.9 Å². The van der Waals surface area contributed by atoms with Crippen molar-refractivity contribution in [1.82, 2.24) is 14.5 Å². The number of amides is 1. The van der Waals surface area contributed by atoms with E-state index in [1.165, 1.54) is 4.57 Å². The van der Waals surface area contributed by atoms with Crippen LogP contribution in [0.2, 0.25) is 0 Å². The number of hydrogen-bond donors (Lipinski definition) is 1. The molecule has 6 nitrogen and oxygen atoms in total. The van der Waals surface area contributed by atoms with Gasteiger partial charge in [0.1, 0.15) is 17.0 Å². The summed E-state index contributed by atoms with van der Waals surface area (Å²) in [5.74, 6) is 0.427. The predicted molar refractivity (Wildman–Crippen MR) is 122 cm³/mol. The standard InChI is InChI=1S/C25H29N3O3/c1-5-6-9-15(2)16(3)28-14-19-17(10-7-11-18(19)24(28)30)22-25(31)27(4)20-12-8-13-21(29)23(20)26-22/h7-8,10-13,15-16,29H,5-6,9,14H2,1-4H3. The first-order valence-corrected chi connectivity index (χ1v) is 11.0. The fourth-order valence-electron chi connectivity index (χ4n) is 4.49. The third-order valence-electron chi connectivity index (χ3n) is 6.66. The molecule has 0 saturated carbocycles. The number of hydrogen-bond acceptors (Lipinski definition) is 4. The molecule has 0 saturated heterocycles. The molecule has 0 bridgehead atoms. The summed E-state index contributed by atoms with van der Waals surface area (Å²) in [5, 5.41) is 10.3. The van der Waals surface area contributed by atoms with Gasteiger partial charge in [-0.3, -0.25) is 9.59 Å². The normalized spacial score (nSPS) is 15.4. The SMILES string of the molecule is CCCCC(C)C(C)N1Cc2c(cccc2-c2nc3c(O)cccc3n(C)c2=O)C1=O. The summed E-state index contributed by atoms with van der Waals surface area (Å²) in [5.41, 5.74) is 3.08. The highest BCUT2D eigenvalue weighted by atomic mass is 16.3. The van der Waals surface area contributed by atoms with Crippen LogP contribution in [0.5, 0.6) is 5.75 Å². The number of para-hydroxylation sites is 1. The first-order chi connectivity index (χ1) is 14.8. The third kappa shape index (κ3) is 3.50. The summed E-state index contributed by atoms with van der Waals surface area (Å²) in [7, 11) is 1.67. The van der Waals surface area contributed by atoms with Crippen LogP contribution < -0.4 is 5.56 Å². The minimum atomic E-state index is -0.248. The monoisotopic (exact) mass is 419 g/mol. The fraction of sp³-hybridized carbons (Fsp3) is 0.400. The molecule has 1 aliphatic heterocycles. The molecule has 31 heavy (non-hydrogen) atoms. The van der Waals surface area contributed by atoms with Crippen molar-refractivity contribution in [2.24, 2.45) is 13.0 Å². The number of aromatic nitrogens is 2. The first kappa shape index (κ1) is 21.1. The van der Waals surface area contributed by atoms with E-state index in [0.29, 0.717) is 34.6 Å². The zero-order valence-electron chi connectivity index (χ0n) is 18.6. The van der Waals surface area contributed by atoms with Gasteiger partial charge in [0.05, 0.1) is 5.52 Å². The zero-order valence-corrected chi connectivity index (χ0v) is 18.6. The Morgan fingerprint density at radius 3 is 2.55 bits per heavy atom. The highest BCUT2D eigenvalue weighted by Crippen LogP contribution is 2.34. The van der Waals surface area contributed by atoms with Crippen molar-refractivity contribution in [3.8, 4) is 17.0 Å². The van der Waals surface area contributed by atoms with Gasteiger partial charge < -0.3 is 14.6 Å². The quantitative estimate of drug-likeness (QED) is 0.639. The van der Waals surface area contributed by atoms with Gasteiger partial charge in [0.15, 0.2) is 0 Å². The fourth-order valence-corrected chi connectivity index (χ4v) is 4.49. The lowest BCUT2D eigenvalue weighted by Gasteiger charge is -2.29. The van der Waals surface area contributed by atoms with Crippen molar-refractivity contribution < 1.29 is 9.90 Å². The second-order valence-corrected chi connectivity index (χ2v) is 8.59. The lowest BCUT2D eigenvalue weighted by Crippen LogP contribution is -2.37. The van der Waals surface area contributed by atoms with E-state index in [4.69, 9.17) is 0 Å². The van der Waals surface area contributed by atoms with Crippen molar-refractivity contribution in [2.45, 2.75) is 52.6 Å². The Labute approximate surface area is 182 Å². The summed E-state index contributed by atoms with van der Waals surface area (Å²) >= 11 is 0. The van der Waals surface area contributed by atoms with E-state index in [9.17, 15) is 14.7 Å². The van der Waals surface area contributed by atoms with Crippen LogP contribution in [-0.2, 0) is 13.6 Å². The predicted octanol–water partition coefficient (Wildman–Crippen LogP) is 4.48. The molecule has 6 heteroatoms. The molecule has 2 unspecified atom stereocenters. The van der Waals surface area contributed by atoms with Crippen LogP contribution in [0, 0.1) is 5.92 Å². The minimum Gasteiger partial charge on any atom is -0.506 e. The van der Waals surface area contributed by atoms with Crippen molar-refractivity contribution >= 4 is 16.9 Å². The van der Waals surface area contributed by atoms with E-state index in [0.717, 1.165) is 24.8 Å². The molecule has 2 aromatic carbocycles. The molecule has 1 N–H and O–H groups in total. The topological polar surface area (TPSA) is 75.4 Å². The van der Waals surface area contributed by atoms with Gasteiger partial charge >= 0.3 is 0 Å². The number of phenols is 1. The lowest BCUT2D eigenvalue weighted by molar-refractivity contribution is 0.0657. The molecule has 2 atom stereocenters. The van der Waals surface area contributed by atoms with Gasteiger partial charge in [-0.15, -0.1) is 0 Å². The number of benzene rings is 2. The molecule has 0 aliphatic carbocycles. The van der Waals surface area contributed by atoms with Gasteiger partial charge in [-0.2, -0.15) is 0 Å². The Hall–Kier alpha value is -3.15. The van der Waals surface area contributed by atoms with Gasteiger partial charge in [0.2, 0.25) is 0 Å². The number of aryl methyl sites for hydroxylation is 1. The highest BCUT2D eigenvalue weighted by molar-refractivity contribution is 6.00. The molecule has 3 aromatic rings. The number of carbonyl (C=O) groups is 1. The van der Waals surface area contributed by atoms with Crippen molar-refractivity contribution in [3.05, 3.63) is 57.9 Å². The number of phenolic OH excluding ortho intramolecular Hbond substituents is 1. The molecule has 2 heterocycles. The molecule has 0 fully saturated rings. The maximum absolute atomic E-state index is 13.2. The Morgan fingerprint density at radius 2 is 1.81 bits per heavy atom. The van der Waals surface area contributed by atoms with Crippen LogP contribution in [0.25, 0.3) is 22.3 Å². The molecule has 162 valence electrons. The van der Waals surface area contributed by atoms with Crippen LogP contribution in [0.3, 0.4) is 0 Å². The highest BCUT2D eigenvalue weighted by Gasteiger charge is 2.35. The number of fused-ring (bicyclic) bond motifs is 2. The van der Waals surface area contributed by atoms with Gasteiger partial charge in [-0.25, -0.2) is 4.98 Å². The van der Waals surface area contributed by atoms with Gasteiger partial charge in [-0.05, 0) is 43.0 Å². The zero-order chi connectivity index (χ0) is 22.3. The number of rotatable bonds is 6. The summed E-state index contributed by atoms with van der Waals surface area (Å²) in [6.45, 7) is 6.94. The van der Waals surface area contributed by atoms with Crippen molar-refractivity contribution in [1.29, 1.82) is 0 Å². The third-order valence-corrected chi connectivity index (χ3v) is 6.66. The Bertz CT molecular complexity index is 1210. The Balaban J connectivity index is 1.79. The maximum atomic E-state index is 13.2. The smallest absolute Gasteiger partial charge is 0.277 e. The van der Waals surface area contributed by atoms with Crippen LogP contribution in [0.1, 0.15) is 56.0 Å². The van der Waals surface area contributed by atoms with Crippen LogP contribution in [-0.4, -0.2) is 31.5 Å². The first-order valence-electron chi connectivity index (χ1n) is 11.0. The number of unbranched alkanes of at least 4 members (excludes halogenated alkanes) is 1. The number of aromatic hydroxyl groups is 1. The molecular weight excluding hydrogens is 390 g/mol. The Morgan fingerprint density at radius 1 is 1.10 bits per heavy atom. The van der Waals surface area contributed by atoms with E-state index in [2.05, 4.69) is 25.8 Å². The average molecular weight is 420 g/mol. The summed E-state index contributed by atoms with van der Waals surface area (Å²) in [4.78, 5) is 32.8. The minimum absolute atomic E-state index is 0.00755. The average Bonchev–Trinajstić information content (AvgIpc) is 3.11. The summed E-state index contributed by atoms with van der Waals surface area (Å²) in [6.07, 6.45) is 3.36. The Kier molecular flexibility index (Phi) is 5.56. The van der Waals surface area contributed by atoms with E-state index in [-0.39, 0.29) is 29.0 Å². The number of nitrogens with zero attached hydrogens (tertiary/aromatic N) is 3. The second kappa shape index (κ2) is 8.17. The second-order valence-electron chi connectivity index (χ2n) is 8.59. The van der Waals surface area contributed by atoms with E-state index in [1.807, 2.05) is 17.0 Å². The number of carbonyl (C=O) groups excluding carboxylic acids is 1. The van der Waals surface area contributed by atoms with E-state index >= 15 is 0 Å². The van der Waals surface area contributed by atoms with Crippen LogP contribution in [0.15, 0.2) is 41.2 Å². The molecule has 0 radical (unpaired) electrons. The molecule has 1 aliphatic rings. The maximum Gasteiger partial charge on any atom is 0.277 e. The van der Waals surface area contributed by atoms with Crippen molar-refractivity contribution in [3.63, 3.8) is 0 Å². The largest absolute Gasteiger partial charge is 0.506 e. The molecular formula is C25H29N3O3. The van der Waals surface area contributed by atoms with Crippen molar-refractivity contribution in [2.75, 3.05) is 0 Å². The summed E-state index contributed by atoms with van der Waals surface area (Å²) in [6, 6.07) is 10.6. The van der Waals surface area contributed by atoms with Crippen LogP contribution in [0.4, 0.5) is 0 Å². The summed E-state index contributed by atoms with van der Waals surface area (Å²) < 4.78 is 1.50. The van der Waals surface area contributed by atoms with Gasteiger partial charge in [0, 0.05) is 30.8 Å². The van der Waals surface area contributed by atoms with E-state index < -0.39 is 0 Å². The van der Waals surface area contributed by atoms with E-state index in [1.54, 1.807) is 31.3 Å². The van der Waals surface area contributed by atoms with Gasteiger partial charge in [0.25, 0.3) is 11.5 Å². The molecule has 1 amide bonds. The van der Waals surface area contributed by atoms with Crippen LogP contribution >= 0.6 is 0 Å². The molecule has 0 spiro atoms. The molecule has 4 rings (SSSR count).